The molecule has 0 radical (unpaired) electrons. The summed E-state index contributed by atoms with van der Waals surface area (Å²) in [4.78, 5) is 42.7. The first-order chi connectivity index (χ1) is 14.3. The molecule has 3 rings (SSSR count). The van der Waals surface area contributed by atoms with Gasteiger partial charge in [-0.3, -0.25) is 19.3 Å². The quantitative estimate of drug-likeness (QED) is 0.738. The number of nitrogens with one attached hydrogen (secondary N) is 2. The molecule has 3 amide bonds. The van der Waals surface area contributed by atoms with E-state index < -0.39 is 5.54 Å². The van der Waals surface area contributed by atoms with Gasteiger partial charge in [-0.15, -0.1) is 0 Å². The van der Waals surface area contributed by atoms with Crippen LogP contribution in [0.2, 0.25) is 0 Å². The molecule has 0 saturated carbocycles. The molecule has 2 atom stereocenters. The lowest BCUT2D eigenvalue weighted by Crippen LogP contribution is -2.58. The topological polar surface area (TPSA) is 81.8 Å². The molecule has 0 aliphatic carbocycles. The van der Waals surface area contributed by atoms with Crippen LogP contribution in [0.3, 0.4) is 0 Å². The predicted molar refractivity (Wildman–Crippen MR) is 116 cm³/mol. The summed E-state index contributed by atoms with van der Waals surface area (Å²) in [5.41, 5.74) is 1.02. The third-order valence-corrected chi connectivity index (χ3v) is 6.27. The first-order valence-electron chi connectivity index (χ1n) is 11.0. The number of nitrogens with zero attached hydrogens (tertiary/aromatic N) is 2. The Morgan fingerprint density at radius 2 is 1.97 bits per heavy atom. The summed E-state index contributed by atoms with van der Waals surface area (Å²) in [7, 11) is 0. The molecule has 1 fully saturated rings. The molecule has 0 bridgehead atoms. The first-order valence-corrected chi connectivity index (χ1v) is 11.0. The molecule has 30 heavy (non-hydrogen) atoms. The van der Waals surface area contributed by atoms with Gasteiger partial charge in [-0.05, 0) is 52.2 Å². The number of hydrogen-bond donors (Lipinski definition) is 2. The number of carbonyl (C=O) groups excluding carboxylic acids is 3. The van der Waals surface area contributed by atoms with Gasteiger partial charge in [0.1, 0.15) is 0 Å². The van der Waals surface area contributed by atoms with Gasteiger partial charge < -0.3 is 15.5 Å². The minimum absolute atomic E-state index is 0.0537. The summed E-state index contributed by atoms with van der Waals surface area (Å²) in [5.74, 6) is -0.506. The second-order valence-electron chi connectivity index (χ2n) is 8.72. The Labute approximate surface area is 179 Å². The van der Waals surface area contributed by atoms with Crippen LogP contribution in [-0.2, 0) is 16.0 Å². The Morgan fingerprint density at radius 3 is 2.63 bits per heavy atom. The smallest absolute Gasteiger partial charge is 0.252 e. The number of carbonyl (C=O) groups is 3. The molecule has 2 aliphatic heterocycles. The van der Waals surface area contributed by atoms with Crippen molar-refractivity contribution in [3.8, 4) is 0 Å². The van der Waals surface area contributed by atoms with Crippen molar-refractivity contribution in [1.29, 1.82) is 0 Å². The molecule has 2 heterocycles. The van der Waals surface area contributed by atoms with Crippen LogP contribution in [0, 0.1) is 5.92 Å². The van der Waals surface area contributed by atoms with E-state index in [2.05, 4.69) is 10.6 Å². The van der Waals surface area contributed by atoms with E-state index in [1.165, 1.54) is 0 Å². The number of amides is 3. The molecule has 7 heteroatoms. The Kier molecular flexibility index (Phi) is 6.81. The number of rotatable bonds is 6. The highest BCUT2D eigenvalue weighted by molar-refractivity contribution is 5.97. The molecule has 0 aromatic heterocycles. The zero-order chi connectivity index (χ0) is 21.9. The summed E-state index contributed by atoms with van der Waals surface area (Å²) in [6.07, 6.45) is 1.40. The fourth-order valence-corrected chi connectivity index (χ4v) is 4.82. The fourth-order valence-electron chi connectivity index (χ4n) is 4.82. The van der Waals surface area contributed by atoms with Crippen molar-refractivity contribution in [2.24, 2.45) is 5.92 Å². The van der Waals surface area contributed by atoms with E-state index >= 15 is 0 Å². The SMILES string of the molecule is CCN(CC)C(=O)[C@H]1CN(CC(=O)NC(C)C)C[C@@]12CCc1ccccc1C(=O)N2. The number of likely N-dealkylation sites (tertiary alicyclic amines) is 1. The van der Waals surface area contributed by atoms with E-state index in [4.69, 9.17) is 0 Å². The second-order valence-corrected chi connectivity index (χ2v) is 8.72. The Balaban J connectivity index is 1.89. The molecule has 164 valence electrons. The van der Waals surface area contributed by atoms with E-state index in [-0.39, 0.29) is 36.2 Å². The minimum Gasteiger partial charge on any atom is -0.353 e. The normalized spacial score (nSPS) is 23.8. The van der Waals surface area contributed by atoms with Gasteiger partial charge in [0.2, 0.25) is 11.8 Å². The molecule has 2 aliphatic rings. The molecule has 1 aromatic rings. The predicted octanol–water partition coefficient (Wildman–Crippen LogP) is 1.43. The van der Waals surface area contributed by atoms with Crippen LogP contribution in [0.4, 0.5) is 0 Å². The number of hydrogen-bond acceptors (Lipinski definition) is 4. The van der Waals surface area contributed by atoms with Crippen LogP contribution < -0.4 is 10.6 Å². The van der Waals surface area contributed by atoms with E-state index in [1.54, 1.807) is 0 Å². The van der Waals surface area contributed by atoms with E-state index in [1.807, 2.05) is 61.8 Å². The van der Waals surface area contributed by atoms with Crippen molar-refractivity contribution in [2.45, 2.75) is 52.1 Å². The summed E-state index contributed by atoms with van der Waals surface area (Å²) in [6, 6.07) is 7.70. The van der Waals surface area contributed by atoms with Gasteiger partial charge in [0.05, 0.1) is 18.0 Å². The number of aryl methyl sites for hydroxylation is 1. The van der Waals surface area contributed by atoms with Crippen molar-refractivity contribution >= 4 is 17.7 Å². The highest BCUT2D eigenvalue weighted by Crippen LogP contribution is 2.36. The maximum absolute atomic E-state index is 13.4. The fraction of sp³-hybridized carbons (Fsp3) is 0.609. The van der Waals surface area contributed by atoms with Gasteiger partial charge in [-0.1, -0.05) is 18.2 Å². The highest BCUT2D eigenvalue weighted by Gasteiger charge is 2.52. The monoisotopic (exact) mass is 414 g/mol. The van der Waals surface area contributed by atoms with Gasteiger partial charge in [0, 0.05) is 37.8 Å². The van der Waals surface area contributed by atoms with Crippen LogP contribution in [0.25, 0.3) is 0 Å². The molecule has 0 unspecified atom stereocenters. The Bertz CT molecular complexity index is 805. The maximum Gasteiger partial charge on any atom is 0.252 e. The second kappa shape index (κ2) is 9.16. The van der Waals surface area contributed by atoms with Crippen LogP contribution in [0.1, 0.15) is 50.0 Å². The Morgan fingerprint density at radius 1 is 1.27 bits per heavy atom. The molecule has 1 aromatic carbocycles. The van der Waals surface area contributed by atoms with Crippen LogP contribution in [-0.4, -0.2) is 71.8 Å². The van der Waals surface area contributed by atoms with Crippen LogP contribution >= 0.6 is 0 Å². The molecule has 1 saturated heterocycles. The third-order valence-electron chi connectivity index (χ3n) is 6.27. The largest absolute Gasteiger partial charge is 0.353 e. The molecule has 7 nitrogen and oxygen atoms in total. The molecular weight excluding hydrogens is 380 g/mol. The van der Waals surface area contributed by atoms with Crippen molar-refractivity contribution in [3.05, 3.63) is 35.4 Å². The van der Waals surface area contributed by atoms with E-state index in [0.717, 1.165) is 12.0 Å². The first kappa shape index (κ1) is 22.3. The van der Waals surface area contributed by atoms with Crippen molar-refractivity contribution in [2.75, 3.05) is 32.7 Å². The van der Waals surface area contributed by atoms with Gasteiger partial charge in [0.15, 0.2) is 0 Å². The van der Waals surface area contributed by atoms with Gasteiger partial charge >= 0.3 is 0 Å². The number of benzene rings is 1. The maximum atomic E-state index is 13.4. The summed E-state index contributed by atoms with van der Waals surface area (Å²) in [5, 5.41) is 6.15. The average molecular weight is 415 g/mol. The van der Waals surface area contributed by atoms with Gasteiger partial charge in [-0.25, -0.2) is 0 Å². The summed E-state index contributed by atoms with van der Waals surface area (Å²) in [6.45, 7) is 10.3. The van der Waals surface area contributed by atoms with Crippen molar-refractivity contribution < 1.29 is 14.4 Å². The summed E-state index contributed by atoms with van der Waals surface area (Å²) >= 11 is 0. The van der Waals surface area contributed by atoms with Crippen molar-refractivity contribution in [3.63, 3.8) is 0 Å². The lowest BCUT2D eigenvalue weighted by Gasteiger charge is -2.36. The lowest BCUT2D eigenvalue weighted by atomic mass is 9.81. The standard InChI is InChI=1S/C23H34N4O3/c1-5-27(6-2)22(30)19-13-26(14-20(28)24-16(3)4)15-23(19)12-11-17-9-7-8-10-18(17)21(29)25-23/h7-10,16,19H,5-6,11-15H2,1-4H3,(H,24,28)(H,25,29)/t19-,23+/m1/s1. The van der Waals surface area contributed by atoms with Gasteiger partial charge in [0.25, 0.3) is 5.91 Å². The minimum atomic E-state index is -0.673. The van der Waals surface area contributed by atoms with Gasteiger partial charge in [-0.2, -0.15) is 0 Å². The third kappa shape index (κ3) is 4.51. The number of fused-ring (bicyclic) bond motifs is 1. The molecule has 2 N–H and O–H groups in total. The average Bonchev–Trinajstić information content (AvgIpc) is 2.96. The highest BCUT2D eigenvalue weighted by atomic mass is 16.2. The van der Waals surface area contributed by atoms with Crippen LogP contribution in [0.5, 0.6) is 0 Å². The lowest BCUT2D eigenvalue weighted by molar-refractivity contribution is -0.136. The molecular formula is C23H34N4O3. The van der Waals surface area contributed by atoms with Crippen LogP contribution in [0.15, 0.2) is 24.3 Å². The zero-order valence-corrected chi connectivity index (χ0v) is 18.5. The summed E-state index contributed by atoms with van der Waals surface area (Å²) < 4.78 is 0. The van der Waals surface area contributed by atoms with Crippen molar-refractivity contribution in [1.82, 2.24) is 20.4 Å². The Hall–Kier alpha value is -2.41. The molecule has 1 spiro atoms. The zero-order valence-electron chi connectivity index (χ0n) is 18.5. The van der Waals surface area contributed by atoms with E-state index in [0.29, 0.717) is 38.2 Å². The van der Waals surface area contributed by atoms with E-state index in [9.17, 15) is 14.4 Å².